The summed E-state index contributed by atoms with van der Waals surface area (Å²) in [6, 6.07) is 8.22. The van der Waals surface area contributed by atoms with Crippen LogP contribution in [0.4, 0.5) is 5.69 Å². The molecule has 1 aromatic rings. The number of para-hydroxylation sites is 1. The molecule has 2 unspecified atom stereocenters. The standard InChI is InChI=1S/C19H21N3O/c1-13-11-14(7-5-6-10-20-21-13)16-12-19(16)15-8-3-4-9-17(15)22(2)18(19)23/h3-4,8-11,16H,5-7,12H2,1-2H3/b14-11+,20-10+,21-13-. The van der Waals surface area contributed by atoms with E-state index in [1.807, 2.05) is 37.2 Å². The monoisotopic (exact) mass is 307 g/mol. The summed E-state index contributed by atoms with van der Waals surface area (Å²) in [7, 11) is 1.89. The van der Waals surface area contributed by atoms with Gasteiger partial charge < -0.3 is 4.90 Å². The largest absolute Gasteiger partial charge is 0.314 e. The first-order valence-corrected chi connectivity index (χ1v) is 8.29. The number of hydrogen-bond acceptors (Lipinski definition) is 3. The third-order valence-corrected chi connectivity index (χ3v) is 5.33. The number of hydrogen-bond donors (Lipinski definition) is 0. The van der Waals surface area contributed by atoms with E-state index in [2.05, 4.69) is 28.4 Å². The second-order valence-electron chi connectivity index (χ2n) is 6.76. The molecule has 1 aromatic carbocycles. The number of amides is 1. The molecule has 0 aromatic heterocycles. The fourth-order valence-electron chi connectivity index (χ4n) is 4.14. The highest BCUT2D eigenvalue weighted by Gasteiger charge is 2.66. The summed E-state index contributed by atoms with van der Waals surface area (Å²) in [6.07, 6.45) is 7.98. The summed E-state index contributed by atoms with van der Waals surface area (Å²) in [4.78, 5) is 14.8. The zero-order valence-electron chi connectivity index (χ0n) is 13.6. The molecule has 4 nitrogen and oxygen atoms in total. The van der Waals surface area contributed by atoms with E-state index in [1.165, 1.54) is 11.1 Å². The molecule has 1 aliphatic carbocycles. The van der Waals surface area contributed by atoms with Crippen molar-refractivity contribution in [1.82, 2.24) is 0 Å². The SMILES string of the molecule is CC1=N/N=C/CCC/C(C2CC23C(=O)N(C)c2ccccc23)=C\1. The molecule has 2 atom stereocenters. The first-order chi connectivity index (χ1) is 11.1. The van der Waals surface area contributed by atoms with Crippen molar-refractivity contribution in [3.05, 3.63) is 41.5 Å². The fourth-order valence-corrected chi connectivity index (χ4v) is 4.14. The van der Waals surface area contributed by atoms with E-state index in [9.17, 15) is 4.79 Å². The number of nitrogens with zero attached hydrogens (tertiary/aromatic N) is 3. The molecule has 0 saturated heterocycles. The lowest BCUT2D eigenvalue weighted by molar-refractivity contribution is -0.120. The molecule has 23 heavy (non-hydrogen) atoms. The van der Waals surface area contributed by atoms with Crippen LogP contribution in [0.15, 0.2) is 46.1 Å². The van der Waals surface area contributed by atoms with Crippen LogP contribution in [-0.4, -0.2) is 24.9 Å². The first kappa shape index (κ1) is 14.4. The van der Waals surface area contributed by atoms with Gasteiger partial charge in [-0.15, -0.1) is 0 Å². The molecule has 3 aliphatic rings. The van der Waals surface area contributed by atoms with Crippen LogP contribution in [0.1, 0.15) is 38.2 Å². The quantitative estimate of drug-likeness (QED) is 0.783. The van der Waals surface area contributed by atoms with E-state index in [1.54, 1.807) is 0 Å². The van der Waals surface area contributed by atoms with Crippen LogP contribution >= 0.6 is 0 Å². The Kier molecular flexibility index (Phi) is 3.22. The Morgan fingerprint density at radius 3 is 3.00 bits per heavy atom. The molecule has 1 amide bonds. The highest BCUT2D eigenvalue weighted by atomic mass is 16.2. The second-order valence-corrected chi connectivity index (χ2v) is 6.76. The van der Waals surface area contributed by atoms with Gasteiger partial charge >= 0.3 is 0 Å². The summed E-state index contributed by atoms with van der Waals surface area (Å²) >= 11 is 0. The maximum atomic E-state index is 12.9. The molecule has 1 fully saturated rings. The van der Waals surface area contributed by atoms with Crippen molar-refractivity contribution in [2.45, 2.75) is 38.0 Å². The summed E-state index contributed by atoms with van der Waals surface area (Å²) in [5, 5.41) is 8.29. The van der Waals surface area contributed by atoms with E-state index in [0.29, 0.717) is 5.92 Å². The van der Waals surface area contributed by atoms with E-state index in [0.717, 1.165) is 37.1 Å². The number of rotatable bonds is 1. The van der Waals surface area contributed by atoms with Crippen LogP contribution in [0, 0.1) is 5.92 Å². The lowest BCUT2D eigenvalue weighted by atomic mass is 9.90. The third-order valence-electron chi connectivity index (χ3n) is 5.33. The van der Waals surface area contributed by atoms with Gasteiger partial charge in [0.1, 0.15) is 0 Å². The summed E-state index contributed by atoms with van der Waals surface area (Å²) in [6.45, 7) is 1.98. The number of allylic oxidation sites excluding steroid dienone is 2. The average Bonchev–Trinajstić information content (AvgIpc) is 3.25. The number of benzene rings is 1. The molecule has 0 bridgehead atoms. The molecule has 4 heteroatoms. The third kappa shape index (κ3) is 2.08. The minimum absolute atomic E-state index is 0.246. The van der Waals surface area contributed by atoms with Gasteiger partial charge in [-0.2, -0.15) is 10.2 Å². The molecular formula is C19H21N3O. The van der Waals surface area contributed by atoms with Crippen LogP contribution in [0.25, 0.3) is 0 Å². The zero-order chi connectivity index (χ0) is 16.0. The Morgan fingerprint density at radius 2 is 2.13 bits per heavy atom. The van der Waals surface area contributed by atoms with Crippen LogP contribution in [0.5, 0.6) is 0 Å². The maximum absolute atomic E-state index is 12.9. The topological polar surface area (TPSA) is 45.0 Å². The highest BCUT2D eigenvalue weighted by molar-refractivity contribution is 6.10. The molecule has 2 heterocycles. The lowest BCUT2D eigenvalue weighted by Crippen LogP contribution is -2.30. The molecule has 0 N–H and O–H groups in total. The van der Waals surface area contributed by atoms with Crippen LogP contribution < -0.4 is 4.90 Å². The Balaban J connectivity index is 1.73. The van der Waals surface area contributed by atoms with Gasteiger partial charge in [0.15, 0.2) is 0 Å². The lowest BCUT2D eigenvalue weighted by Gasteiger charge is -2.13. The molecule has 1 saturated carbocycles. The maximum Gasteiger partial charge on any atom is 0.238 e. The van der Waals surface area contributed by atoms with Gasteiger partial charge in [0.25, 0.3) is 0 Å². The van der Waals surface area contributed by atoms with E-state index < -0.39 is 0 Å². The van der Waals surface area contributed by atoms with Crippen LogP contribution in [-0.2, 0) is 10.2 Å². The minimum Gasteiger partial charge on any atom is -0.314 e. The Morgan fingerprint density at radius 1 is 1.30 bits per heavy atom. The normalized spacial score (nSPS) is 35.5. The smallest absolute Gasteiger partial charge is 0.238 e. The van der Waals surface area contributed by atoms with E-state index in [4.69, 9.17) is 0 Å². The average molecular weight is 307 g/mol. The number of anilines is 1. The molecule has 4 rings (SSSR count). The van der Waals surface area contributed by atoms with Gasteiger partial charge in [-0.1, -0.05) is 23.8 Å². The van der Waals surface area contributed by atoms with E-state index >= 15 is 0 Å². The van der Waals surface area contributed by atoms with Crippen molar-refractivity contribution in [3.8, 4) is 0 Å². The van der Waals surface area contributed by atoms with Gasteiger partial charge in [-0.05, 0) is 50.3 Å². The molecule has 0 radical (unpaired) electrons. The van der Waals surface area contributed by atoms with Gasteiger partial charge in [-0.3, -0.25) is 4.79 Å². The van der Waals surface area contributed by atoms with Crippen LogP contribution in [0.2, 0.25) is 0 Å². The van der Waals surface area contributed by atoms with Crippen molar-refractivity contribution in [2.75, 3.05) is 11.9 Å². The van der Waals surface area contributed by atoms with Crippen molar-refractivity contribution in [3.63, 3.8) is 0 Å². The van der Waals surface area contributed by atoms with Crippen molar-refractivity contribution in [2.24, 2.45) is 16.1 Å². The van der Waals surface area contributed by atoms with Gasteiger partial charge in [0.05, 0.1) is 11.1 Å². The molecule has 2 aliphatic heterocycles. The minimum atomic E-state index is -0.327. The van der Waals surface area contributed by atoms with E-state index in [-0.39, 0.29) is 11.3 Å². The number of carbonyl (C=O) groups is 1. The predicted octanol–water partition coefficient (Wildman–Crippen LogP) is 3.48. The zero-order valence-corrected chi connectivity index (χ0v) is 13.6. The highest BCUT2D eigenvalue weighted by Crippen LogP contribution is 2.64. The van der Waals surface area contributed by atoms with Gasteiger partial charge in [0.2, 0.25) is 5.91 Å². The molecular weight excluding hydrogens is 286 g/mol. The number of carbonyl (C=O) groups excluding carboxylic acids is 1. The summed E-state index contributed by atoms with van der Waals surface area (Å²) in [5.41, 5.74) is 4.22. The fraction of sp³-hybridized carbons (Fsp3) is 0.421. The predicted molar refractivity (Wildman–Crippen MR) is 93.2 cm³/mol. The Labute approximate surface area is 136 Å². The Bertz CT molecular complexity index is 762. The summed E-state index contributed by atoms with van der Waals surface area (Å²) < 4.78 is 0. The Hall–Kier alpha value is -2.23. The number of likely N-dealkylation sites (N-methyl/N-ethyl adjacent to an activating group) is 1. The van der Waals surface area contributed by atoms with Crippen LogP contribution in [0.3, 0.4) is 0 Å². The second kappa shape index (κ2) is 5.15. The van der Waals surface area contributed by atoms with Crippen molar-refractivity contribution < 1.29 is 4.79 Å². The number of fused-ring (bicyclic) bond motifs is 2. The van der Waals surface area contributed by atoms with Crippen molar-refractivity contribution >= 4 is 23.5 Å². The van der Waals surface area contributed by atoms with Gasteiger partial charge in [-0.25, -0.2) is 0 Å². The van der Waals surface area contributed by atoms with Gasteiger partial charge in [0, 0.05) is 24.9 Å². The molecule has 118 valence electrons. The first-order valence-electron chi connectivity index (χ1n) is 8.29. The van der Waals surface area contributed by atoms with Crippen molar-refractivity contribution in [1.29, 1.82) is 0 Å². The summed E-state index contributed by atoms with van der Waals surface area (Å²) in [5.74, 6) is 0.555. The molecule has 1 spiro atoms.